The van der Waals surface area contributed by atoms with Crippen LogP contribution in [0.3, 0.4) is 0 Å². The molecule has 136 valence electrons. The second-order valence-electron chi connectivity index (χ2n) is 6.59. The number of nitrogens with zero attached hydrogens (tertiary/aromatic N) is 2. The number of aromatic nitrogens is 2. The van der Waals surface area contributed by atoms with Gasteiger partial charge in [-0.15, -0.1) is 0 Å². The molecule has 5 heteroatoms. The molecule has 3 rings (SSSR count). The lowest BCUT2D eigenvalue weighted by atomic mass is 10.1. The number of aliphatic imine (C=N–C) groups is 1. The number of hydrogen-bond acceptors (Lipinski definition) is 2. The number of nitrogens with one attached hydrogen (secondary N) is 3. The van der Waals surface area contributed by atoms with Gasteiger partial charge in [0.1, 0.15) is 5.82 Å². The minimum absolute atomic E-state index is 0.773. The smallest absolute Gasteiger partial charge is 0.191 e. The molecule has 0 saturated heterocycles. The van der Waals surface area contributed by atoms with Crippen LogP contribution in [0.5, 0.6) is 0 Å². The Balaban J connectivity index is 1.44. The first-order valence-corrected chi connectivity index (χ1v) is 9.10. The maximum atomic E-state index is 4.61. The van der Waals surface area contributed by atoms with Crippen molar-refractivity contribution < 1.29 is 0 Å². The molecule has 3 N–H and O–H groups in total. The number of imidazole rings is 1. The van der Waals surface area contributed by atoms with Crippen molar-refractivity contribution in [2.75, 3.05) is 13.6 Å². The van der Waals surface area contributed by atoms with Gasteiger partial charge in [0, 0.05) is 26.6 Å². The van der Waals surface area contributed by atoms with E-state index < -0.39 is 0 Å². The molecule has 1 aromatic heterocycles. The van der Waals surface area contributed by atoms with Crippen LogP contribution >= 0.6 is 0 Å². The summed E-state index contributed by atoms with van der Waals surface area (Å²) in [6.07, 6.45) is 1.90. The number of hydrogen-bond donors (Lipinski definition) is 3. The first-order chi connectivity index (χ1) is 12.7. The first kappa shape index (κ1) is 18.0. The normalized spacial score (nSPS) is 11.7. The van der Waals surface area contributed by atoms with E-state index in [1.165, 1.54) is 16.7 Å². The minimum atomic E-state index is 0.773. The summed E-state index contributed by atoms with van der Waals surface area (Å²) in [5.41, 5.74) is 6.01. The van der Waals surface area contributed by atoms with Gasteiger partial charge in [0.05, 0.1) is 11.0 Å². The van der Waals surface area contributed by atoms with Gasteiger partial charge in [-0.25, -0.2) is 4.98 Å². The van der Waals surface area contributed by atoms with Gasteiger partial charge < -0.3 is 15.6 Å². The summed E-state index contributed by atoms with van der Waals surface area (Å²) in [6, 6.07) is 14.7. The Kier molecular flexibility index (Phi) is 5.89. The largest absolute Gasteiger partial charge is 0.356 e. The van der Waals surface area contributed by atoms with Gasteiger partial charge in [-0.2, -0.15) is 0 Å². The van der Waals surface area contributed by atoms with E-state index in [9.17, 15) is 0 Å². The SMILES string of the molecule is CN=C(NCCCc1nc2ccccc2[nH]1)NCc1ccc(C)cc1C. The molecule has 0 amide bonds. The van der Waals surface area contributed by atoms with Crippen molar-refractivity contribution in [1.82, 2.24) is 20.6 Å². The van der Waals surface area contributed by atoms with E-state index in [0.29, 0.717) is 0 Å². The number of fused-ring (bicyclic) bond motifs is 1. The van der Waals surface area contributed by atoms with Gasteiger partial charge in [0.25, 0.3) is 0 Å². The number of aryl methyl sites for hydroxylation is 3. The molecule has 1 heterocycles. The van der Waals surface area contributed by atoms with E-state index in [4.69, 9.17) is 0 Å². The molecule has 0 saturated carbocycles. The van der Waals surface area contributed by atoms with Crippen molar-refractivity contribution in [2.24, 2.45) is 4.99 Å². The third-order valence-corrected chi connectivity index (χ3v) is 4.49. The quantitative estimate of drug-likeness (QED) is 0.363. The van der Waals surface area contributed by atoms with Gasteiger partial charge in [0.15, 0.2) is 5.96 Å². The highest BCUT2D eigenvalue weighted by atomic mass is 15.2. The van der Waals surface area contributed by atoms with Gasteiger partial charge in [-0.05, 0) is 43.5 Å². The number of aromatic amines is 1. The summed E-state index contributed by atoms with van der Waals surface area (Å²) in [7, 11) is 1.80. The number of H-pyrrole nitrogens is 1. The van der Waals surface area contributed by atoms with E-state index in [-0.39, 0.29) is 0 Å². The van der Waals surface area contributed by atoms with Crippen LogP contribution in [0.4, 0.5) is 0 Å². The standard InChI is InChI=1S/C21H27N5/c1-15-10-11-17(16(2)13-15)14-24-21(22-3)23-12-6-9-20-25-18-7-4-5-8-19(18)26-20/h4-5,7-8,10-11,13H,6,9,12,14H2,1-3H3,(H,25,26)(H2,22,23,24). The summed E-state index contributed by atoms with van der Waals surface area (Å²) >= 11 is 0. The van der Waals surface area contributed by atoms with Gasteiger partial charge in [-0.3, -0.25) is 4.99 Å². The van der Waals surface area contributed by atoms with Crippen molar-refractivity contribution in [1.29, 1.82) is 0 Å². The van der Waals surface area contributed by atoms with E-state index in [1.807, 2.05) is 18.2 Å². The van der Waals surface area contributed by atoms with Crippen LogP contribution in [0.25, 0.3) is 11.0 Å². The lowest BCUT2D eigenvalue weighted by Crippen LogP contribution is -2.37. The van der Waals surface area contributed by atoms with E-state index in [1.54, 1.807) is 7.05 Å². The van der Waals surface area contributed by atoms with Crippen LogP contribution < -0.4 is 10.6 Å². The molecule has 0 spiro atoms. The molecule has 5 nitrogen and oxygen atoms in total. The molecule has 3 aromatic rings. The molecule has 0 atom stereocenters. The number of guanidine groups is 1. The Bertz CT molecular complexity index is 861. The Hall–Kier alpha value is -2.82. The molecule has 26 heavy (non-hydrogen) atoms. The minimum Gasteiger partial charge on any atom is -0.356 e. The molecule has 0 aliphatic heterocycles. The molecule has 0 bridgehead atoms. The van der Waals surface area contributed by atoms with E-state index >= 15 is 0 Å². The van der Waals surface area contributed by atoms with Crippen LogP contribution in [0.15, 0.2) is 47.5 Å². The molecule has 0 radical (unpaired) electrons. The molecule has 0 unspecified atom stereocenters. The van der Waals surface area contributed by atoms with E-state index in [0.717, 1.165) is 48.7 Å². The summed E-state index contributed by atoms with van der Waals surface area (Å²) in [5, 5.41) is 6.75. The molecule has 2 aromatic carbocycles. The summed E-state index contributed by atoms with van der Waals surface area (Å²) < 4.78 is 0. The second kappa shape index (κ2) is 8.52. The van der Waals surface area contributed by atoms with Crippen LogP contribution in [0, 0.1) is 13.8 Å². The van der Waals surface area contributed by atoms with Crippen molar-refractivity contribution in [3.63, 3.8) is 0 Å². The van der Waals surface area contributed by atoms with Crippen molar-refractivity contribution in [3.05, 3.63) is 65.0 Å². The Morgan fingerprint density at radius 2 is 1.96 bits per heavy atom. The Labute approximate surface area is 155 Å². The summed E-state index contributed by atoms with van der Waals surface area (Å²) in [5.74, 6) is 1.86. The predicted molar refractivity (Wildman–Crippen MR) is 109 cm³/mol. The van der Waals surface area contributed by atoms with E-state index in [2.05, 4.69) is 63.7 Å². The zero-order valence-electron chi connectivity index (χ0n) is 15.8. The molecule has 0 aliphatic rings. The predicted octanol–water partition coefficient (Wildman–Crippen LogP) is 3.48. The van der Waals surface area contributed by atoms with Crippen molar-refractivity contribution >= 4 is 17.0 Å². The molecule has 0 aliphatic carbocycles. The number of para-hydroxylation sites is 2. The highest BCUT2D eigenvalue weighted by Crippen LogP contribution is 2.11. The molecule has 0 fully saturated rings. The fourth-order valence-corrected chi connectivity index (χ4v) is 3.03. The summed E-state index contributed by atoms with van der Waals surface area (Å²) in [6.45, 7) is 5.89. The average Bonchev–Trinajstić information content (AvgIpc) is 3.05. The molecular weight excluding hydrogens is 322 g/mol. The second-order valence-corrected chi connectivity index (χ2v) is 6.59. The maximum absolute atomic E-state index is 4.61. The summed E-state index contributed by atoms with van der Waals surface area (Å²) in [4.78, 5) is 12.3. The fraction of sp³-hybridized carbons (Fsp3) is 0.333. The third-order valence-electron chi connectivity index (χ3n) is 4.49. The Morgan fingerprint density at radius 3 is 2.73 bits per heavy atom. The maximum Gasteiger partial charge on any atom is 0.191 e. The average molecular weight is 349 g/mol. The van der Waals surface area contributed by atoms with Crippen LogP contribution in [0.2, 0.25) is 0 Å². The third kappa shape index (κ3) is 4.63. The zero-order chi connectivity index (χ0) is 18.4. The fourth-order valence-electron chi connectivity index (χ4n) is 3.03. The van der Waals surface area contributed by atoms with Crippen LogP contribution in [-0.4, -0.2) is 29.5 Å². The van der Waals surface area contributed by atoms with Gasteiger partial charge in [0.2, 0.25) is 0 Å². The number of rotatable bonds is 6. The van der Waals surface area contributed by atoms with Crippen LogP contribution in [-0.2, 0) is 13.0 Å². The van der Waals surface area contributed by atoms with Gasteiger partial charge >= 0.3 is 0 Å². The highest BCUT2D eigenvalue weighted by Gasteiger charge is 2.03. The first-order valence-electron chi connectivity index (χ1n) is 9.10. The van der Waals surface area contributed by atoms with Crippen molar-refractivity contribution in [2.45, 2.75) is 33.2 Å². The zero-order valence-corrected chi connectivity index (χ0v) is 15.8. The molecular formula is C21H27N5. The lowest BCUT2D eigenvalue weighted by Gasteiger charge is -2.13. The monoisotopic (exact) mass is 349 g/mol. The Morgan fingerprint density at radius 1 is 1.12 bits per heavy atom. The lowest BCUT2D eigenvalue weighted by molar-refractivity contribution is 0.725. The van der Waals surface area contributed by atoms with Crippen molar-refractivity contribution in [3.8, 4) is 0 Å². The van der Waals surface area contributed by atoms with Gasteiger partial charge in [-0.1, -0.05) is 35.9 Å². The van der Waals surface area contributed by atoms with Crippen LogP contribution in [0.1, 0.15) is 28.9 Å². The number of benzene rings is 2. The topological polar surface area (TPSA) is 65.1 Å². The highest BCUT2D eigenvalue weighted by molar-refractivity contribution is 5.79.